The van der Waals surface area contributed by atoms with Gasteiger partial charge in [-0.2, -0.15) is 0 Å². The molecule has 0 saturated heterocycles. The highest BCUT2D eigenvalue weighted by molar-refractivity contribution is 6.32. The molecule has 0 aliphatic heterocycles. The fourth-order valence-electron chi connectivity index (χ4n) is 1.89. The summed E-state index contributed by atoms with van der Waals surface area (Å²) >= 11 is 6.27. The van der Waals surface area contributed by atoms with Gasteiger partial charge < -0.3 is 10.1 Å². The lowest BCUT2D eigenvalue weighted by Gasteiger charge is -2.14. The third-order valence-corrected chi connectivity index (χ3v) is 3.35. The van der Waals surface area contributed by atoms with Gasteiger partial charge >= 0.3 is 0 Å². The van der Waals surface area contributed by atoms with Crippen molar-refractivity contribution in [2.45, 2.75) is 26.2 Å². The standard InChI is InChI=1S/C14H20ClNO/c1-10-7-12(5-6-16-2)14(13(15)8-10)17-9-11-3-4-11/h7-8,11,16H,3-6,9H2,1-2H3. The molecule has 1 fully saturated rings. The van der Waals surface area contributed by atoms with Gasteiger partial charge in [0.2, 0.25) is 0 Å². The molecule has 1 aromatic rings. The average Bonchev–Trinajstić information content (AvgIpc) is 3.08. The summed E-state index contributed by atoms with van der Waals surface area (Å²) in [6.07, 6.45) is 3.56. The van der Waals surface area contributed by atoms with E-state index in [9.17, 15) is 0 Å². The highest BCUT2D eigenvalue weighted by Gasteiger charge is 2.23. The van der Waals surface area contributed by atoms with Crippen molar-refractivity contribution in [2.24, 2.45) is 5.92 Å². The second-order valence-electron chi connectivity index (χ2n) is 4.84. The van der Waals surface area contributed by atoms with Crippen LogP contribution in [0.2, 0.25) is 5.02 Å². The van der Waals surface area contributed by atoms with Crippen LogP contribution in [0.15, 0.2) is 12.1 Å². The molecule has 94 valence electrons. The average molecular weight is 254 g/mol. The molecule has 1 saturated carbocycles. The van der Waals surface area contributed by atoms with Crippen molar-refractivity contribution in [3.05, 3.63) is 28.3 Å². The van der Waals surface area contributed by atoms with Crippen molar-refractivity contribution in [3.63, 3.8) is 0 Å². The van der Waals surface area contributed by atoms with Crippen molar-refractivity contribution in [1.29, 1.82) is 0 Å². The van der Waals surface area contributed by atoms with Crippen molar-refractivity contribution in [1.82, 2.24) is 5.32 Å². The second-order valence-corrected chi connectivity index (χ2v) is 5.25. The Bertz CT molecular complexity index is 388. The summed E-state index contributed by atoms with van der Waals surface area (Å²) in [7, 11) is 1.96. The van der Waals surface area contributed by atoms with Gasteiger partial charge in [0.15, 0.2) is 0 Å². The molecule has 17 heavy (non-hydrogen) atoms. The van der Waals surface area contributed by atoms with Gasteiger partial charge in [-0.1, -0.05) is 17.7 Å². The topological polar surface area (TPSA) is 21.3 Å². The van der Waals surface area contributed by atoms with Crippen LogP contribution in [0.1, 0.15) is 24.0 Å². The summed E-state index contributed by atoms with van der Waals surface area (Å²) in [5, 5.41) is 3.91. The zero-order valence-electron chi connectivity index (χ0n) is 10.6. The predicted octanol–water partition coefficient (Wildman–Crippen LogP) is 3.20. The Labute approximate surface area is 108 Å². The molecule has 0 atom stereocenters. The Morgan fingerprint density at radius 3 is 2.82 bits per heavy atom. The molecule has 0 amide bonds. The first kappa shape index (κ1) is 12.7. The minimum atomic E-state index is 0.747. The molecule has 2 rings (SSSR count). The minimum Gasteiger partial charge on any atom is -0.491 e. The van der Waals surface area contributed by atoms with E-state index in [4.69, 9.17) is 16.3 Å². The number of rotatable bonds is 6. The molecule has 1 N–H and O–H groups in total. The Morgan fingerprint density at radius 1 is 1.41 bits per heavy atom. The first-order valence-electron chi connectivity index (χ1n) is 6.27. The van der Waals surface area contributed by atoms with Gasteiger partial charge in [-0.05, 0) is 62.9 Å². The minimum absolute atomic E-state index is 0.747. The summed E-state index contributed by atoms with van der Waals surface area (Å²) in [6, 6.07) is 4.15. The van der Waals surface area contributed by atoms with Crippen molar-refractivity contribution >= 4 is 11.6 Å². The van der Waals surface area contributed by atoms with E-state index in [-0.39, 0.29) is 0 Å². The Hall–Kier alpha value is -0.730. The van der Waals surface area contributed by atoms with Crippen LogP contribution < -0.4 is 10.1 Å². The van der Waals surface area contributed by atoms with E-state index in [0.717, 1.165) is 36.3 Å². The number of hydrogen-bond donors (Lipinski definition) is 1. The molecule has 1 aromatic carbocycles. The van der Waals surface area contributed by atoms with Gasteiger partial charge in [0.25, 0.3) is 0 Å². The van der Waals surface area contributed by atoms with Crippen molar-refractivity contribution in [2.75, 3.05) is 20.2 Å². The quantitative estimate of drug-likeness (QED) is 0.841. The third-order valence-electron chi connectivity index (χ3n) is 3.07. The van der Waals surface area contributed by atoms with Gasteiger partial charge in [-0.15, -0.1) is 0 Å². The maximum Gasteiger partial charge on any atom is 0.141 e. The molecule has 0 unspecified atom stereocenters. The van der Waals surface area contributed by atoms with E-state index in [2.05, 4.69) is 18.3 Å². The number of nitrogens with one attached hydrogen (secondary N) is 1. The smallest absolute Gasteiger partial charge is 0.141 e. The van der Waals surface area contributed by atoms with E-state index >= 15 is 0 Å². The molecule has 0 spiro atoms. The summed E-state index contributed by atoms with van der Waals surface area (Å²) in [4.78, 5) is 0. The molecule has 0 radical (unpaired) electrons. The molecule has 1 aliphatic carbocycles. The maximum absolute atomic E-state index is 6.27. The number of ether oxygens (including phenoxy) is 1. The number of likely N-dealkylation sites (N-methyl/N-ethyl adjacent to an activating group) is 1. The van der Waals surface area contributed by atoms with Gasteiger partial charge in [0, 0.05) is 0 Å². The van der Waals surface area contributed by atoms with Gasteiger partial charge in [0.1, 0.15) is 5.75 Å². The van der Waals surface area contributed by atoms with Crippen LogP contribution in [0.3, 0.4) is 0 Å². The normalized spacial score (nSPS) is 15.0. The Morgan fingerprint density at radius 2 is 2.18 bits per heavy atom. The molecule has 0 bridgehead atoms. The molecule has 2 nitrogen and oxygen atoms in total. The highest BCUT2D eigenvalue weighted by Crippen LogP contribution is 2.34. The molecule has 3 heteroatoms. The second kappa shape index (κ2) is 5.74. The lowest BCUT2D eigenvalue weighted by Crippen LogP contribution is -2.12. The molecule has 0 aromatic heterocycles. The molecule has 1 aliphatic rings. The summed E-state index contributed by atoms with van der Waals surface area (Å²) in [5.41, 5.74) is 2.41. The van der Waals surface area contributed by atoms with Gasteiger partial charge in [-0.3, -0.25) is 0 Å². The van der Waals surface area contributed by atoms with Crippen LogP contribution in [-0.2, 0) is 6.42 Å². The Kier molecular flexibility index (Phi) is 4.30. The highest BCUT2D eigenvalue weighted by atomic mass is 35.5. The van der Waals surface area contributed by atoms with Crippen molar-refractivity contribution in [3.8, 4) is 5.75 Å². The largest absolute Gasteiger partial charge is 0.491 e. The molecular formula is C14H20ClNO. The first-order valence-corrected chi connectivity index (χ1v) is 6.65. The number of hydrogen-bond acceptors (Lipinski definition) is 2. The molecule has 0 heterocycles. The summed E-state index contributed by atoms with van der Waals surface area (Å²) in [6.45, 7) is 3.83. The lowest BCUT2D eigenvalue weighted by molar-refractivity contribution is 0.297. The number of benzene rings is 1. The fourth-order valence-corrected chi connectivity index (χ4v) is 2.24. The van der Waals surface area contributed by atoms with E-state index in [1.54, 1.807) is 0 Å². The fraction of sp³-hybridized carbons (Fsp3) is 0.571. The molecular weight excluding hydrogens is 234 g/mol. The van der Waals surface area contributed by atoms with Crippen LogP contribution in [0.4, 0.5) is 0 Å². The maximum atomic E-state index is 6.27. The van der Waals surface area contributed by atoms with Crippen LogP contribution in [0, 0.1) is 12.8 Å². The van der Waals surface area contributed by atoms with Gasteiger partial charge in [-0.25, -0.2) is 0 Å². The summed E-state index contributed by atoms with van der Waals surface area (Å²) < 4.78 is 5.88. The predicted molar refractivity (Wildman–Crippen MR) is 72.0 cm³/mol. The lowest BCUT2D eigenvalue weighted by atomic mass is 10.1. The zero-order chi connectivity index (χ0) is 12.3. The zero-order valence-corrected chi connectivity index (χ0v) is 11.3. The first-order chi connectivity index (χ1) is 8.20. The van der Waals surface area contributed by atoms with Crippen LogP contribution >= 0.6 is 11.6 Å². The van der Waals surface area contributed by atoms with Crippen LogP contribution in [0.5, 0.6) is 5.75 Å². The Balaban J connectivity index is 2.12. The van der Waals surface area contributed by atoms with Crippen molar-refractivity contribution < 1.29 is 4.74 Å². The van der Waals surface area contributed by atoms with E-state index in [1.165, 1.54) is 24.0 Å². The number of halogens is 1. The van der Waals surface area contributed by atoms with Crippen LogP contribution in [-0.4, -0.2) is 20.2 Å². The van der Waals surface area contributed by atoms with E-state index < -0.39 is 0 Å². The monoisotopic (exact) mass is 253 g/mol. The number of aryl methyl sites for hydroxylation is 1. The van der Waals surface area contributed by atoms with E-state index in [1.807, 2.05) is 13.1 Å². The van der Waals surface area contributed by atoms with E-state index in [0.29, 0.717) is 0 Å². The SMILES string of the molecule is CNCCc1cc(C)cc(Cl)c1OCC1CC1. The summed E-state index contributed by atoms with van der Waals surface area (Å²) in [5.74, 6) is 1.64. The van der Waals surface area contributed by atoms with Crippen LogP contribution in [0.25, 0.3) is 0 Å². The third kappa shape index (κ3) is 3.62. The van der Waals surface area contributed by atoms with Gasteiger partial charge in [0.05, 0.1) is 11.6 Å².